The number of aliphatic hydroxyl groups is 1. The Balaban J connectivity index is 2.41. The number of hydrogen-bond donors (Lipinski definition) is 1. The van der Waals surface area contributed by atoms with E-state index in [1.165, 1.54) is 0 Å². The van der Waals surface area contributed by atoms with Crippen molar-refractivity contribution in [3.05, 3.63) is 0 Å². The summed E-state index contributed by atoms with van der Waals surface area (Å²) in [5.41, 5.74) is 0. The van der Waals surface area contributed by atoms with E-state index >= 15 is 0 Å². The molecule has 0 aromatic heterocycles. The molecule has 1 N–H and O–H groups in total. The van der Waals surface area contributed by atoms with Gasteiger partial charge in [-0.15, -0.1) is 0 Å². The van der Waals surface area contributed by atoms with Gasteiger partial charge in [-0.2, -0.15) is 0 Å². The summed E-state index contributed by atoms with van der Waals surface area (Å²) < 4.78 is 0. The molecule has 1 nitrogen and oxygen atoms in total. The largest absolute Gasteiger partial charge is 0.396 e. The lowest BCUT2D eigenvalue weighted by Crippen LogP contribution is -2.63. The molecule has 10 radical (unpaired) electrons. The van der Waals surface area contributed by atoms with E-state index in [2.05, 4.69) is 0 Å². The second-order valence-corrected chi connectivity index (χ2v) is 5.19. The van der Waals surface area contributed by atoms with E-state index < -0.39 is 12.8 Å². The van der Waals surface area contributed by atoms with E-state index in [9.17, 15) is 0 Å². The van der Waals surface area contributed by atoms with E-state index in [-0.39, 0.29) is 19.4 Å². The number of aliphatic hydroxyl groups excluding tert-OH is 1. The SMILES string of the molecule is [B]B([B])B([B])B(B([B])[B])B1CC1CCCCO. The number of unbranched alkanes of at least 4 members (excludes halogenated alkanes) is 1. The molecule has 1 aliphatic rings. The third-order valence-electron chi connectivity index (χ3n) is 3.79. The highest BCUT2D eigenvalue weighted by Gasteiger charge is 2.49. The van der Waals surface area contributed by atoms with Gasteiger partial charge in [-0.25, -0.2) is 0 Å². The topological polar surface area (TPSA) is 20.2 Å². The fourth-order valence-corrected chi connectivity index (χ4v) is 2.68. The van der Waals surface area contributed by atoms with Gasteiger partial charge in [0.2, 0.25) is 0 Å². The molecule has 0 saturated carbocycles. The van der Waals surface area contributed by atoms with E-state index in [0.717, 1.165) is 25.6 Å². The Morgan fingerprint density at radius 3 is 2.18 bits per heavy atom. The maximum absolute atomic E-state index is 8.73. The fourth-order valence-electron chi connectivity index (χ4n) is 2.68. The van der Waals surface area contributed by atoms with E-state index in [4.69, 9.17) is 43.8 Å². The second-order valence-electron chi connectivity index (χ2n) is 5.19. The smallest absolute Gasteiger partial charge is 0.0927 e. The van der Waals surface area contributed by atoms with Gasteiger partial charge >= 0.3 is 0 Å². The summed E-state index contributed by atoms with van der Waals surface area (Å²) in [5, 5.41) is 8.73. The van der Waals surface area contributed by atoms with Crippen LogP contribution in [0.2, 0.25) is 12.1 Å². The zero-order valence-electron chi connectivity index (χ0n) is 10.3. The molecular formula is C6H12B10O. The van der Waals surface area contributed by atoms with Gasteiger partial charge < -0.3 is 5.11 Å². The summed E-state index contributed by atoms with van der Waals surface area (Å²) in [7, 11) is 28.8. The Labute approximate surface area is 114 Å². The van der Waals surface area contributed by atoms with Gasteiger partial charge in [-0.3, -0.25) is 0 Å². The highest BCUT2D eigenvalue weighted by atomic mass is 16.2. The first-order valence-electron chi connectivity index (χ1n) is 6.37. The lowest BCUT2D eigenvalue weighted by Gasteiger charge is -2.25. The predicted octanol–water partition coefficient (Wildman–Crippen LogP) is -2.35. The van der Waals surface area contributed by atoms with Gasteiger partial charge in [0.1, 0.15) is 0 Å². The highest BCUT2D eigenvalue weighted by Crippen LogP contribution is 2.43. The van der Waals surface area contributed by atoms with Crippen molar-refractivity contribution in [1.29, 1.82) is 0 Å². The van der Waals surface area contributed by atoms with Crippen molar-refractivity contribution in [2.75, 3.05) is 6.61 Å². The fraction of sp³-hybridized carbons (Fsp3) is 1.00. The molecule has 17 heavy (non-hydrogen) atoms. The van der Waals surface area contributed by atoms with Crippen LogP contribution in [0.1, 0.15) is 19.3 Å². The summed E-state index contributed by atoms with van der Waals surface area (Å²) in [4.78, 5) is 0. The van der Waals surface area contributed by atoms with Crippen LogP contribution in [-0.4, -0.2) is 82.5 Å². The Morgan fingerprint density at radius 2 is 1.71 bits per heavy atom. The molecule has 1 atom stereocenters. The third-order valence-corrected chi connectivity index (χ3v) is 3.79. The quantitative estimate of drug-likeness (QED) is 0.350. The van der Waals surface area contributed by atoms with Crippen molar-refractivity contribution >= 4 is 70.8 Å². The van der Waals surface area contributed by atoms with Crippen LogP contribution >= 0.6 is 0 Å². The summed E-state index contributed by atoms with van der Waals surface area (Å²) in [6.45, 7) is 0.697. The summed E-state index contributed by atoms with van der Waals surface area (Å²) in [6, 6.07) is 0. The molecule has 1 aliphatic heterocycles. The maximum Gasteiger partial charge on any atom is 0.0927 e. The summed E-state index contributed by atoms with van der Waals surface area (Å²) in [5.74, 6) is 0.617. The van der Waals surface area contributed by atoms with Gasteiger partial charge in [0.05, 0.1) is 6.60 Å². The minimum atomic E-state index is -0.576. The zero-order valence-corrected chi connectivity index (χ0v) is 10.3. The van der Waals surface area contributed by atoms with Crippen LogP contribution in [0, 0.1) is 0 Å². The molecule has 0 aromatic rings. The van der Waals surface area contributed by atoms with Crippen molar-refractivity contribution in [3.8, 4) is 0 Å². The van der Waals surface area contributed by atoms with Crippen molar-refractivity contribution in [2.45, 2.75) is 31.4 Å². The molecule has 0 aliphatic carbocycles. The maximum atomic E-state index is 8.73. The van der Waals surface area contributed by atoms with Crippen LogP contribution in [0.3, 0.4) is 0 Å². The van der Waals surface area contributed by atoms with Crippen LogP contribution < -0.4 is 0 Å². The predicted molar refractivity (Wildman–Crippen MR) is 87.0 cm³/mol. The second kappa shape index (κ2) is 7.26. The molecule has 0 aromatic carbocycles. The molecule has 1 saturated heterocycles. The van der Waals surface area contributed by atoms with Gasteiger partial charge in [0.15, 0.2) is 0 Å². The van der Waals surface area contributed by atoms with E-state index in [1.54, 1.807) is 0 Å². The molecule has 1 rings (SSSR count). The summed E-state index contributed by atoms with van der Waals surface area (Å²) in [6.07, 6.45) is 2.69. The standard InChI is InChI=1S/C6H12B10O/c7-13(8)15(11)16(14(9)10)12-5-6(12)3-1-2-4-17/h6,17H,1-5H2. The first-order valence-corrected chi connectivity index (χ1v) is 6.37. The molecule has 0 spiro atoms. The van der Waals surface area contributed by atoms with Crippen LogP contribution in [0.5, 0.6) is 0 Å². The number of hydrogen-bond acceptors (Lipinski definition) is 1. The first-order chi connectivity index (χ1) is 7.99. The monoisotopic (exact) mass is 210 g/mol. The Kier molecular flexibility index (Phi) is 6.69. The molecular weight excluding hydrogens is 196 g/mol. The van der Waals surface area contributed by atoms with Crippen molar-refractivity contribution < 1.29 is 5.11 Å². The van der Waals surface area contributed by atoms with Gasteiger partial charge in [-0.1, -0.05) is 25.0 Å². The Hall–Kier alpha value is 0.609. The zero-order chi connectivity index (χ0) is 13.0. The normalized spacial score (nSPS) is 17.7. The van der Waals surface area contributed by atoms with Crippen molar-refractivity contribution in [2.24, 2.45) is 0 Å². The van der Waals surface area contributed by atoms with E-state index in [1.807, 2.05) is 0 Å². The Bertz CT molecular complexity index is 225. The summed E-state index contributed by atoms with van der Waals surface area (Å²) >= 11 is 0. The molecule has 72 valence electrons. The average Bonchev–Trinajstić information content (AvgIpc) is 2.97. The lowest BCUT2D eigenvalue weighted by atomic mass is 8.57. The number of rotatable bonds is 8. The van der Waals surface area contributed by atoms with E-state index in [0.29, 0.717) is 12.4 Å². The van der Waals surface area contributed by atoms with Crippen molar-refractivity contribution in [3.63, 3.8) is 0 Å². The van der Waals surface area contributed by atoms with Gasteiger partial charge in [-0.05, 0) is 6.42 Å². The lowest BCUT2D eigenvalue weighted by molar-refractivity contribution is 0.283. The minimum absolute atomic E-state index is 0.00544. The molecule has 11 heteroatoms. The molecule has 0 bridgehead atoms. The molecule has 0 amide bonds. The average molecular weight is 208 g/mol. The first kappa shape index (κ1) is 15.7. The molecule has 1 fully saturated rings. The van der Waals surface area contributed by atoms with Gasteiger partial charge in [0.25, 0.3) is 0 Å². The van der Waals surface area contributed by atoms with Gasteiger partial charge in [0, 0.05) is 70.8 Å². The van der Waals surface area contributed by atoms with Crippen LogP contribution in [-0.2, 0) is 0 Å². The molecule has 1 heterocycles. The highest BCUT2D eigenvalue weighted by molar-refractivity contribution is 8.01. The van der Waals surface area contributed by atoms with Crippen LogP contribution in [0.25, 0.3) is 0 Å². The van der Waals surface area contributed by atoms with Crippen LogP contribution in [0.15, 0.2) is 0 Å². The third kappa shape index (κ3) is 4.65. The van der Waals surface area contributed by atoms with Crippen molar-refractivity contribution in [1.82, 2.24) is 0 Å². The minimum Gasteiger partial charge on any atom is -0.396 e. The van der Waals surface area contributed by atoms with Crippen LogP contribution in [0.4, 0.5) is 0 Å². The molecule has 1 unspecified atom stereocenters. The Morgan fingerprint density at radius 1 is 1.06 bits per heavy atom.